The number of rotatable bonds is 6. The fourth-order valence-electron chi connectivity index (χ4n) is 2.00. The molecular weight excluding hydrogens is 310 g/mol. The van der Waals surface area contributed by atoms with Crippen molar-refractivity contribution in [1.29, 1.82) is 0 Å². The van der Waals surface area contributed by atoms with E-state index in [9.17, 15) is 0 Å². The second-order valence-corrected chi connectivity index (χ2v) is 5.47. The maximum atomic E-state index is 8.68. The fourth-order valence-corrected chi connectivity index (χ4v) is 2.52. The van der Waals surface area contributed by atoms with Gasteiger partial charge in [0.1, 0.15) is 0 Å². The maximum absolute atomic E-state index is 8.68. The molecule has 0 aliphatic rings. The van der Waals surface area contributed by atoms with Crippen LogP contribution in [0.5, 0.6) is 0 Å². The van der Waals surface area contributed by atoms with Crippen molar-refractivity contribution in [2.24, 2.45) is 0 Å². The largest absolute Gasteiger partial charge is 0.394 e. The summed E-state index contributed by atoms with van der Waals surface area (Å²) in [4.78, 5) is 4.20. The molecule has 19 heavy (non-hydrogen) atoms. The van der Waals surface area contributed by atoms with E-state index in [0.717, 1.165) is 21.1 Å². The van der Waals surface area contributed by atoms with E-state index in [1.807, 2.05) is 10.9 Å². The molecule has 0 saturated carbocycles. The van der Waals surface area contributed by atoms with Gasteiger partial charge < -0.3 is 9.84 Å². The predicted octanol–water partition coefficient (Wildman–Crippen LogP) is 2.33. The highest BCUT2D eigenvalue weighted by Crippen LogP contribution is 2.30. The number of aliphatic hydroxyl groups excluding tert-OH is 1. The zero-order valence-electron chi connectivity index (χ0n) is 11.1. The summed E-state index contributed by atoms with van der Waals surface area (Å²) in [6.07, 6.45) is 3.62. The SMILES string of the molecule is CC(C)c1nn(CCOCCO)c2cncc(Br)c12. The average Bonchev–Trinajstić information content (AvgIpc) is 2.75. The van der Waals surface area contributed by atoms with Gasteiger partial charge in [-0.15, -0.1) is 0 Å². The molecule has 2 rings (SSSR count). The summed E-state index contributed by atoms with van der Waals surface area (Å²) in [6, 6.07) is 0. The third-order valence-electron chi connectivity index (χ3n) is 2.87. The van der Waals surface area contributed by atoms with Gasteiger partial charge in [-0.1, -0.05) is 13.8 Å². The van der Waals surface area contributed by atoms with Crippen LogP contribution in [0.15, 0.2) is 16.9 Å². The van der Waals surface area contributed by atoms with Crippen molar-refractivity contribution in [3.05, 3.63) is 22.6 Å². The molecular formula is C13H18BrN3O2. The van der Waals surface area contributed by atoms with E-state index in [4.69, 9.17) is 9.84 Å². The minimum absolute atomic E-state index is 0.0458. The van der Waals surface area contributed by atoms with Gasteiger partial charge >= 0.3 is 0 Å². The molecule has 0 amide bonds. The van der Waals surface area contributed by atoms with Gasteiger partial charge in [0.05, 0.1) is 43.8 Å². The molecule has 0 aliphatic heterocycles. The quantitative estimate of drug-likeness (QED) is 0.827. The zero-order chi connectivity index (χ0) is 13.8. The van der Waals surface area contributed by atoms with Crippen LogP contribution in [0.1, 0.15) is 25.5 Å². The van der Waals surface area contributed by atoms with Gasteiger partial charge in [-0.05, 0) is 21.8 Å². The van der Waals surface area contributed by atoms with E-state index in [1.165, 1.54) is 0 Å². The summed E-state index contributed by atoms with van der Waals surface area (Å²) in [6.45, 7) is 5.84. The van der Waals surface area contributed by atoms with Gasteiger partial charge in [-0.2, -0.15) is 5.10 Å². The van der Waals surface area contributed by atoms with Crippen LogP contribution in [0.4, 0.5) is 0 Å². The number of hydrogen-bond donors (Lipinski definition) is 1. The van der Waals surface area contributed by atoms with Crippen molar-refractivity contribution in [3.63, 3.8) is 0 Å². The van der Waals surface area contributed by atoms with E-state index in [1.54, 1.807) is 6.20 Å². The third kappa shape index (κ3) is 3.13. The highest BCUT2D eigenvalue weighted by Gasteiger charge is 2.15. The van der Waals surface area contributed by atoms with E-state index >= 15 is 0 Å². The second kappa shape index (κ2) is 6.45. The molecule has 1 N–H and O–H groups in total. The summed E-state index contributed by atoms with van der Waals surface area (Å²) in [7, 11) is 0. The summed E-state index contributed by atoms with van der Waals surface area (Å²) in [5.41, 5.74) is 2.07. The van der Waals surface area contributed by atoms with E-state index in [0.29, 0.717) is 25.7 Å². The topological polar surface area (TPSA) is 60.2 Å². The van der Waals surface area contributed by atoms with E-state index < -0.39 is 0 Å². The van der Waals surface area contributed by atoms with Crippen LogP contribution >= 0.6 is 15.9 Å². The third-order valence-corrected chi connectivity index (χ3v) is 3.47. The number of aliphatic hydroxyl groups is 1. The normalized spacial score (nSPS) is 11.6. The van der Waals surface area contributed by atoms with Gasteiger partial charge in [-0.25, -0.2) is 0 Å². The Morgan fingerprint density at radius 3 is 2.84 bits per heavy atom. The number of ether oxygens (including phenoxy) is 1. The Morgan fingerprint density at radius 1 is 1.37 bits per heavy atom. The highest BCUT2D eigenvalue weighted by molar-refractivity contribution is 9.10. The Kier molecular flexibility index (Phi) is 4.90. The summed E-state index contributed by atoms with van der Waals surface area (Å²) in [5, 5.41) is 14.5. The van der Waals surface area contributed by atoms with Gasteiger partial charge in [-0.3, -0.25) is 9.67 Å². The van der Waals surface area contributed by atoms with Crippen molar-refractivity contribution >= 4 is 26.8 Å². The molecule has 2 heterocycles. The Hall–Kier alpha value is -0.980. The molecule has 0 bridgehead atoms. The molecule has 0 saturated heterocycles. The van der Waals surface area contributed by atoms with Crippen molar-refractivity contribution in [1.82, 2.24) is 14.8 Å². The molecule has 2 aromatic heterocycles. The Bertz CT molecular complexity index is 554. The molecule has 104 valence electrons. The van der Waals surface area contributed by atoms with Crippen molar-refractivity contribution in [2.45, 2.75) is 26.3 Å². The molecule has 0 radical (unpaired) electrons. The average molecular weight is 328 g/mol. The zero-order valence-corrected chi connectivity index (χ0v) is 12.7. The first-order chi connectivity index (χ1) is 9.15. The number of nitrogens with zero attached hydrogens (tertiary/aromatic N) is 3. The number of halogens is 1. The molecule has 0 atom stereocenters. The van der Waals surface area contributed by atoms with Crippen LogP contribution < -0.4 is 0 Å². The summed E-state index contributed by atoms with van der Waals surface area (Å²) < 4.78 is 8.18. The standard InChI is InChI=1S/C13H18BrN3O2/c1-9(2)13-12-10(14)7-15-8-11(12)17(16-13)3-5-19-6-4-18/h7-9,18H,3-6H2,1-2H3. The minimum Gasteiger partial charge on any atom is -0.394 e. The lowest BCUT2D eigenvalue weighted by molar-refractivity contribution is 0.0859. The van der Waals surface area contributed by atoms with Crippen molar-refractivity contribution in [3.8, 4) is 0 Å². The number of pyridine rings is 1. The van der Waals surface area contributed by atoms with Gasteiger partial charge in [0.2, 0.25) is 0 Å². The molecule has 0 unspecified atom stereocenters. The van der Waals surface area contributed by atoms with Crippen LogP contribution in [0.2, 0.25) is 0 Å². The molecule has 5 nitrogen and oxygen atoms in total. The molecule has 0 fully saturated rings. The van der Waals surface area contributed by atoms with Gasteiger partial charge in [0, 0.05) is 16.1 Å². The first kappa shape index (κ1) is 14.4. The lowest BCUT2D eigenvalue weighted by Gasteiger charge is -2.04. The first-order valence-corrected chi connectivity index (χ1v) is 7.13. The number of fused-ring (bicyclic) bond motifs is 1. The minimum atomic E-state index is 0.0458. The lowest BCUT2D eigenvalue weighted by Crippen LogP contribution is -2.10. The van der Waals surface area contributed by atoms with Crippen LogP contribution in [0.25, 0.3) is 10.9 Å². The lowest BCUT2D eigenvalue weighted by atomic mass is 10.1. The molecule has 0 aromatic carbocycles. The summed E-state index contributed by atoms with van der Waals surface area (Å²) >= 11 is 3.54. The van der Waals surface area contributed by atoms with Crippen molar-refractivity contribution in [2.75, 3.05) is 19.8 Å². The number of aromatic nitrogens is 3. The maximum Gasteiger partial charge on any atom is 0.0881 e. The second-order valence-electron chi connectivity index (χ2n) is 4.61. The number of hydrogen-bond acceptors (Lipinski definition) is 4. The summed E-state index contributed by atoms with van der Waals surface area (Å²) in [5.74, 6) is 0.348. The monoisotopic (exact) mass is 327 g/mol. The van der Waals surface area contributed by atoms with Crippen LogP contribution in [0.3, 0.4) is 0 Å². The highest BCUT2D eigenvalue weighted by atomic mass is 79.9. The van der Waals surface area contributed by atoms with Gasteiger partial charge in [0.25, 0.3) is 0 Å². The smallest absolute Gasteiger partial charge is 0.0881 e. The molecule has 0 spiro atoms. The Balaban J connectivity index is 2.31. The van der Waals surface area contributed by atoms with Crippen LogP contribution in [-0.4, -0.2) is 39.7 Å². The van der Waals surface area contributed by atoms with E-state index in [2.05, 4.69) is 39.9 Å². The predicted molar refractivity (Wildman–Crippen MR) is 77.2 cm³/mol. The van der Waals surface area contributed by atoms with Gasteiger partial charge in [0.15, 0.2) is 0 Å². The van der Waals surface area contributed by atoms with Crippen molar-refractivity contribution < 1.29 is 9.84 Å². The molecule has 6 heteroatoms. The van der Waals surface area contributed by atoms with Crippen LogP contribution in [-0.2, 0) is 11.3 Å². The first-order valence-electron chi connectivity index (χ1n) is 6.33. The van der Waals surface area contributed by atoms with Crippen LogP contribution in [0, 0.1) is 0 Å². The molecule has 0 aliphatic carbocycles. The fraction of sp³-hybridized carbons (Fsp3) is 0.538. The Labute approximate surface area is 120 Å². The van der Waals surface area contributed by atoms with E-state index in [-0.39, 0.29) is 6.61 Å². The Morgan fingerprint density at radius 2 is 2.16 bits per heavy atom. The molecule has 2 aromatic rings.